The summed E-state index contributed by atoms with van der Waals surface area (Å²) in [6.45, 7) is 2.04. The second kappa shape index (κ2) is 2.55. The van der Waals surface area contributed by atoms with Gasteiger partial charge in [0.2, 0.25) is 0 Å². The van der Waals surface area contributed by atoms with Crippen molar-refractivity contribution < 1.29 is 17.7 Å². The molecule has 0 aliphatic carbocycles. The highest BCUT2D eigenvalue weighted by molar-refractivity contribution is 7.63. The zero-order valence-corrected chi connectivity index (χ0v) is 6.54. The molecule has 0 amide bonds. The summed E-state index contributed by atoms with van der Waals surface area (Å²) in [7, 11) is -3.23. The molecule has 0 saturated carbocycles. The number of halogens is 3. The first-order valence-electron chi connectivity index (χ1n) is 2.52. The summed E-state index contributed by atoms with van der Waals surface area (Å²) in [6.07, 6.45) is -4.54. The Morgan fingerprint density at radius 1 is 1.40 bits per heavy atom. The Hall–Kier alpha value is -0.0200. The van der Waals surface area contributed by atoms with Crippen LogP contribution in [-0.2, 0) is 4.57 Å². The van der Waals surface area contributed by atoms with E-state index in [2.05, 4.69) is 5.73 Å². The molecule has 0 aromatic carbocycles. The van der Waals surface area contributed by atoms with E-state index in [0.717, 1.165) is 13.3 Å². The van der Waals surface area contributed by atoms with Gasteiger partial charge in [0.1, 0.15) is 7.14 Å². The maximum Gasteiger partial charge on any atom is 0.410 e. The first-order chi connectivity index (χ1) is 4.15. The second-order valence-electron chi connectivity index (χ2n) is 2.42. The topological polar surface area (TPSA) is 43.1 Å². The van der Waals surface area contributed by atoms with Crippen molar-refractivity contribution in [1.82, 2.24) is 0 Å². The van der Waals surface area contributed by atoms with E-state index in [1.165, 1.54) is 0 Å². The van der Waals surface area contributed by atoms with Gasteiger partial charge in [-0.1, -0.05) is 0 Å². The highest BCUT2D eigenvalue weighted by Gasteiger charge is 2.43. The third-order valence-electron chi connectivity index (χ3n) is 1.01. The smallest absolute Gasteiger partial charge is 0.322 e. The number of hydrogen-bond acceptors (Lipinski definition) is 2. The Morgan fingerprint density at radius 2 is 1.70 bits per heavy atom. The monoisotopic (exact) mass is 175 g/mol. The molecular formula is C4H9F3NOP. The number of nitrogens with two attached hydrogens (primary N) is 1. The summed E-state index contributed by atoms with van der Waals surface area (Å²) >= 11 is 0. The Balaban J connectivity index is 4.39. The summed E-state index contributed by atoms with van der Waals surface area (Å²) in [5, 5.41) is 0. The molecule has 1 atom stereocenters. The highest BCUT2D eigenvalue weighted by Crippen LogP contribution is 2.46. The van der Waals surface area contributed by atoms with Crippen molar-refractivity contribution in [2.75, 3.05) is 13.3 Å². The molecule has 6 heteroatoms. The fourth-order valence-electron chi connectivity index (χ4n) is 0.353. The molecule has 0 aromatic heterocycles. The van der Waals surface area contributed by atoms with E-state index in [0.29, 0.717) is 0 Å². The van der Waals surface area contributed by atoms with Crippen LogP contribution in [0, 0.1) is 0 Å². The summed E-state index contributed by atoms with van der Waals surface area (Å²) in [5.41, 5.74) is 4.64. The lowest BCUT2D eigenvalue weighted by molar-refractivity contribution is -0.129. The Labute approximate surface area is 57.0 Å². The predicted molar refractivity (Wildman–Crippen MR) is 33.5 cm³/mol. The Bertz CT molecular complexity index is 160. The van der Waals surface area contributed by atoms with Crippen LogP contribution >= 0.6 is 7.14 Å². The van der Waals surface area contributed by atoms with Gasteiger partial charge in [0, 0.05) is 0 Å². The van der Waals surface area contributed by atoms with Crippen molar-refractivity contribution in [2.24, 2.45) is 5.73 Å². The van der Waals surface area contributed by atoms with Gasteiger partial charge in [0.05, 0.1) is 0 Å². The lowest BCUT2D eigenvalue weighted by atomic mass is 10.7. The van der Waals surface area contributed by atoms with Gasteiger partial charge in [-0.05, 0) is 13.3 Å². The first-order valence-corrected chi connectivity index (χ1v) is 5.19. The molecule has 0 aliphatic rings. The molecule has 2 N–H and O–H groups in total. The van der Waals surface area contributed by atoms with Gasteiger partial charge < -0.3 is 10.3 Å². The molecule has 10 heavy (non-hydrogen) atoms. The van der Waals surface area contributed by atoms with Crippen LogP contribution in [0.2, 0.25) is 0 Å². The molecule has 2 nitrogen and oxygen atoms in total. The molecule has 0 spiro atoms. The van der Waals surface area contributed by atoms with E-state index in [-0.39, 0.29) is 0 Å². The molecule has 0 aliphatic heterocycles. The predicted octanol–water partition coefficient (Wildman–Crippen LogP) is 1.46. The van der Waals surface area contributed by atoms with E-state index in [4.69, 9.17) is 0 Å². The molecule has 0 radical (unpaired) electrons. The zero-order valence-electron chi connectivity index (χ0n) is 5.64. The highest BCUT2D eigenvalue weighted by atomic mass is 31.2. The van der Waals surface area contributed by atoms with Crippen molar-refractivity contribution in [1.29, 1.82) is 0 Å². The van der Waals surface area contributed by atoms with Crippen molar-refractivity contribution in [3.05, 3.63) is 0 Å². The quantitative estimate of drug-likeness (QED) is 0.613. The number of alkyl halides is 3. The van der Waals surface area contributed by atoms with Crippen LogP contribution in [0.1, 0.15) is 0 Å². The normalized spacial score (nSPS) is 17.0. The number of rotatable bonds is 1. The van der Waals surface area contributed by atoms with Crippen molar-refractivity contribution >= 4 is 7.14 Å². The number of hydrogen-bond donors (Lipinski definition) is 1. The Morgan fingerprint density at radius 3 is 1.70 bits per heavy atom. The molecule has 62 valence electrons. The third kappa shape index (κ3) is 2.71. The van der Waals surface area contributed by atoms with Crippen LogP contribution in [-0.4, -0.2) is 25.3 Å². The molecule has 0 rings (SSSR count). The summed E-state index contributed by atoms with van der Waals surface area (Å²) < 4.78 is 45.7. The van der Waals surface area contributed by atoms with Gasteiger partial charge in [0.15, 0.2) is 5.78 Å². The van der Waals surface area contributed by atoms with E-state index in [1.54, 1.807) is 0 Å². The maximum atomic E-state index is 11.6. The van der Waals surface area contributed by atoms with Crippen LogP contribution in [0.4, 0.5) is 13.2 Å². The van der Waals surface area contributed by atoms with Crippen molar-refractivity contribution in [3.8, 4) is 0 Å². The van der Waals surface area contributed by atoms with E-state index < -0.39 is 19.1 Å². The standard InChI is InChI=1S/C4H9F3NOP/c1-10(2,9)3(8)4(5,6)7/h3H,8H2,1-2H3/t3-/m0/s1. The summed E-state index contributed by atoms with van der Waals surface area (Å²) in [6, 6.07) is 0. The summed E-state index contributed by atoms with van der Waals surface area (Å²) in [4.78, 5) is 0. The fourth-order valence-corrected chi connectivity index (χ4v) is 1.06. The summed E-state index contributed by atoms with van der Waals surface area (Å²) in [5.74, 6) is -2.18. The minimum atomic E-state index is -4.54. The average Bonchev–Trinajstić information content (AvgIpc) is 1.59. The SMILES string of the molecule is CP(C)(=O)[C@H](N)C(F)(F)F. The van der Waals surface area contributed by atoms with Crippen LogP contribution in [0.15, 0.2) is 0 Å². The first kappa shape index (κ1) is 9.98. The van der Waals surface area contributed by atoms with Gasteiger partial charge in [0.25, 0.3) is 0 Å². The van der Waals surface area contributed by atoms with Crippen LogP contribution < -0.4 is 5.73 Å². The third-order valence-corrected chi connectivity index (χ3v) is 2.64. The van der Waals surface area contributed by atoms with Gasteiger partial charge in [-0.3, -0.25) is 0 Å². The zero-order chi connectivity index (χ0) is 8.58. The Kier molecular flexibility index (Phi) is 2.54. The average molecular weight is 175 g/mol. The minimum absolute atomic E-state index is 1.02. The van der Waals surface area contributed by atoms with Gasteiger partial charge in [-0.25, -0.2) is 0 Å². The van der Waals surface area contributed by atoms with Gasteiger partial charge >= 0.3 is 6.18 Å². The molecule has 0 fully saturated rings. The molecule has 0 bridgehead atoms. The second-order valence-corrected chi connectivity index (χ2v) is 5.85. The fraction of sp³-hybridized carbons (Fsp3) is 1.00. The molecule has 0 saturated heterocycles. The molecule has 0 heterocycles. The molecular weight excluding hydrogens is 166 g/mol. The van der Waals surface area contributed by atoms with E-state index in [1.807, 2.05) is 0 Å². The maximum absolute atomic E-state index is 11.6. The largest absolute Gasteiger partial charge is 0.410 e. The van der Waals surface area contributed by atoms with Crippen LogP contribution in [0.3, 0.4) is 0 Å². The van der Waals surface area contributed by atoms with Gasteiger partial charge in [-0.15, -0.1) is 0 Å². The molecule has 0 unspecified atom stereocenters. The molecule has 0 aromatic rings. The van der Waals surface area contributed by atoms with Crippen molar-refractivity contribution in [3.63, 3.8) is 0 Å². The minimum Gasteiger partial charge on any atom is -0.322 e. The van der Waals surface area contributed by atoms with Crippen molar-refractivity contribution in [2.45, 2.75) is 12.0 Å². The van der Waals surface area contributed by atoms with E-state index in [9.17, 15) is 17.7 Å². The van der Waals surface area contributed by atoms with E-state index >= 15 is 0 Å². The van der Waals surface area contributed by atoms with Gasteiger partial charge in [-0.2, -0.15) is 13.2 Å². The van der Waals surface area contributed by atoms with Crippen LogP contribution in [0.5, 0.6) is 0 Å². The lowest BCUT2D eigenvalue weighted by Gasteiger charge is -2.18. The lowest BCUT2D eigenvalue weighted by Crippen LogP contribution is -2.36. The van der Waals surface area contributed by atoms with Crippen LogP contribution in [0.25, 0.3) is 0 Å².